The standard InChI is InChI=1S/C42H79NO4/c1-5-7-9-11-13-15-17-19-21-23-25-27-29-31-33-35-41(44)46-39-40(37-38-43(3)4)47-42(45)36-34-32-30-28-26-24-22-20-18-16-14-12-10-8-6-2/h19-22,40H,5-18,23-39H2,1-4H3/b21-19-,22-20-. The van der Waals surface area contributed by atoms with Crippen LogP contribution in [0.25, 0.3) is 0 Å². The van der Waals surface area contributed by atoms with Crippen LogP contribution in [0.15, 0.2) is 24.3 Å². The molecule has 0 saturated heterocycles. The van der Waals surface area contributed by atoms with Crippen molar-refractivity contribution in [3.8, 4) is 0 Å². The SMILES string of the molecule is CCCCCCCC/C=C\CCCCCCCC(=O)OCC(CCN(C)C)OC(=O)CCCCCCC/C=C\CCCCCCCC. The van der Waals surface area contributed by atoms with Gasteiger partial charge < -0.3 is 14.4 Å². The van der Waals surface area contributed by atoms with Crippen LogP contribution in [0.3, 0.4) is 0 Å². The molecule has 1 unspecified atom stereocenters. The number of hydrogen-bond donors (Lipinski definition) is 0. The monoisotopic (exact) mass is 662 g/mol. The molecule has 5 heteroatoms. The van der Waals surface area contributed by atoms with Crippen molar-refractivity contribution in [1.29, 1.82) is 0 Å². The Bertz CT molecular complexity index is 732. The molecule has 0 heterocycles. The second-order valence-corrected chi connectivity index (χ2v) is 14.1. The quantitative estimate of drug-likeness (QED) is 0.0380. The molecule has 0 aliphatic carbocycles. The van der Waals surface area contributed by atoms with E-state index in [1.165, 1.54) is 128 Å². The van der Waals surface area contributed by atoms with Gasteiger partial charge in [-0.1, -0.05) is 141 Å². The summed E-state index contributed by atoms with van der Waals surface area (Å²) in [5.41, 5.74) is 0. The van der Waals surface area contributed by atoms with Gasteiger partial charge in [-0.3, -0.25) is 9.59 Å². The van der Waals surface area contributed by atoms with Crippen LogP contribution in [-0.2, 0) is 19.1 Å². The van der Waals surface area contributed by atoms with Crippen molar-refractivity contribution in [3.05, 3.63) is 24.3 Å². The Hall–Kier alpha value is -1.62. The Kier molecular flexibility index (Phi) is 35.9. The zero-order valence-electron chi connectivity index (χ0n) is 31.9. The summed E-state index contributed by atoms with van der Waals surface area (Å²) >= 11 is 0. The molecular weight excluding hydrogens is 582 g/mol. The predicted octanol–water partition coefficient (Wildman–Crippen LogP) is 12.5. The van der Waals surface area contributed by atoms with E-state index in [2.05, 4.69) is 43.1 Å². The highest BCUT2D eigenvalue weighted by atomic mass is 16.6. The van der Waals surface area contributed by atoms with Crippen molar-refractivity contribution in [2.75, 3.05) is 27.2 Å². The fourth-order valence-corrected chi connectivity index (χ4v) is 5.76. The molecule has 0 saturated carbocycles. The molecule has 0 N–H and O–H groups in total. The number of esters is 2. The first-order chi connectivity index (χ1) is 23.0. The predicted molar refractivity (Wildman–Crippen MR) is 203 cm³/mol. The van der Waals surface area contributed by atoms with Gasteiger partial charge in [-0.05, 0) is 78.3 Å². The van der Waals surface area contributed by atoms with Gasteiger partial charge in [0.05, 0.1) is 0 Å². The number of nitrogens with zero attached hydrogens (tertiary/aromatic N) is 1. The fourth-order valence-electron chi connectivity index (χ4n) is 5.76. The van der Waals surface area contributed by atoms with Crippen molar-refractivity contribution in [2.45, 2.75) is 206 Å². The lowest BCUT2D eigenvalue weighted by atomic mass is 10.1. The average Bonchev–Trinajstić information content (AvgIpc) is 3.05. The van der Waals surface area contributed by atoms with Crippen LogP contribution >= 0.6 is 0 Å². The average molecular weight is 662 g/mol. The highest BCUT2D eigenvalue weighted by molar-refractivity contribution is 5.70. The second-order valence-electron chi connectivity index (χ2n) is 14.1. The Morgan fingerprint density at radius 1 is 0.511 bits per heavy atom. The molecule has 0 rings (SSSR count). The van der Waals surface area contributed by atoms with Gasteiger partial charge in [0.15, 0.2) is 0 Å². The van der Waals surface area contributed by atoms with Gasteiger partial charge in [-0.2, -0.15) is 0 Å². The van der Waals surface area contributed by atoms with Gasteiger partial charge in [0.25, 0.3) is 0 Å². The number of ether oxygens (including phenoxy) is 2. The first-order valence-corrected chi connectivity index (χ1v) is 20.3. The van der Waals surface area contributed by atoms with E-state index < -0.39 is 0 Å². The summed E-state index contributed by atoms with van der Waals surface area (Å²) in [6, 6.07) is 0. The summed E-state index contributed by atoms with van der Waals surface area (Å²) in [5, 5.41) is 0. The van der Waals surface area contributed by atoms with Crippen molar-refractivity contribution < 1.29 is 19.1 Å². The molecule has 0 bridgehead atoms. The number of carbonyl (C=O) groups excluding carboxylic acids is 2. The largest absolute Gasteiger partial charge is 0.462 e. The van der Waals surface area contributed by atoms with Gasteiger partial charge in [-0.25, -0.2) is 0 Å². The van der Waals surface area contributed by atoms with E-state index in [4.69, 9.17) is 9.47 Å². The highest BCUT2D eigenvalue weighted by Gasteiger charge is 2.17. The topological polar surface area (TPSA) is 55.8 Å². The molecule has 0 aliphatic rings. The lowest BCUT2D eigenvalue weighted by Gasteiger charge is -2.20. The van der Waals surface area contributed by atoms with Crippen molar-refractivity contribution in [3.63, 3.8) is 0 Å². The van der Waals surface area contributed by atoms with Crippen LogP contribution in [0.1, 0.15) is 200 Å². The van der Waals surface area contributed by atoms with Crippen LogP contribution < -0.4 is 0 Å². The van der Waals surface area contributed by atoms with Gasteiger partial charge >= 0.3 is 11.9 Å². The number of allylic oxidation sites excluding steroid dienone is 4. The first-order valence-electron chi connectivity index (χ1n) is 20.3. The molecule has 47 heavy (non-hydrogen) atoms. The lowest BCUT2D eigenvalue weighted by Crippen LogP contribution is -2.29. The molecule has 276 valence electrons. The van der Waals surface area contributed by atoms with E-state index in [1.807, 2.05) is 14.1 Å². The minimum absolute atomic E-state index is 0.163. The van der Waals surface area contributed by atoms with Gasteiger partial charge in [0, 0.05) is 25.8 Å². The molecule has 0 aromatic heterocycles. The molecule has 0 aromatic rings. The third-order valence-corrected chi connectivity index (χ3v) is 8.91. The summed E-state index contributed by atoms with van der Waals surface area (Å²) in [6.45, 7) is 5.49. The van der Waals surface area contributed by atoms with E-state index in [9.17, 15) is 9.59 Å². The Balaban J connectivity index is 3.86. The zero-order valence-corrected chi connectivity index (χ0v) is 31.9. The molecule has 0 amide bonds. The Labute approximate surface area is 293 Å². The Morgan fingerprint density at radius 2 is 0.872 bits per heavy atom. The Morgan fingerprint density at radius 3 is 1.28 bits per heavy atom. The summed E-state index contributed by atoms with van der Waals surface area (Å²) in [6.07, 6.45) is 42.8. The van der Waals surface area contributed by atoms with Gasteiger partial charge in [0.2, 0.25) is 0 Å². The van der Waals surface area contributed by atoms with Crippen LogP contribution in [0.4, 0.5) is 0 Å². The van der Waals surface area contributed by atoms with Crippen LogP contribution in [0, 0.1) is 0 Å². The van der Waals surface area contributed by atoms with Crippen LogP contribution in [-0.4, -0.2) is 50.2 Å². The van der Waals surface area contributed by atoms with E-state index in [0.717, 1.165) is 45.1 Å². The summed E-state index contributed by atoms with van der Waals surface area (Å²) in [4.78, 5) is 26.9. The molecule has 0 aliphatic heterocycles. The zero-order chi connectivity index (χ0) is 34.5. The summed E-state index contributed by atoms with van der Waals surface area (Å²) < 4.78 is 11.3. The fraction of sp³-hybridized carbons (Fsp3) is 0.857. The molecule has 0 aromatic carbocycles. The number of hydrogen-bond acceptors (Lipinski definition) is 5. The molecule has 1 atom stereocenters. The molecular formula is C42H79NO4. The summed E-state index contributed by atoms with van der Waals surface area (Å²) in [7, 11) is 4.01. The molecule has 0 fully saturated rings. The maximum absolute atomic E-state index is 12.5. The normalized spacial score (nSPS) is 12.4. The van der Waals surface area contributed by atoms with Gasteiger partial charge in [-0.15, -0.1) is 0 Å². The lowest BCUT2D eigenvalue weighted by molar-refractivity contribution is -0.159. The minimum Gasteiger partial charge on any atom is -0.462 e. The van der Waals surface area contributed by atoms with Crippen molar-refractivity contribution >= 4 is 11.9 Å². The number of rotatable bonds is 36. The number of unbranched alkanes of at least 4 members (excludes halogenated alkanes) is 22. The molecule has 5 nitrogen and oxygen atoms in total. The van der Waals surface area contributed by atoms with Crippen LogP contribution in [0.5, 0.6) is 0 Å². The molecule has 0 spiro atoms. The van der Waals surface area contributed by atoms with E-state index in [1.54, 1.807) is 0 Å². The highest BCUT2D eigenvalue weighted by Crippen LogP contribution is 2.13. The third-order valence-electron chi connectivity index (χ3n) is 8.91. The van der Waals surface area contributed by atoms with Gasteiger partial charge in [0.1, 0.15) is 12.7 Å². The smallest absolute Gasteiger partial charge is 0.306 e. The van der Waals surface area contributed by atoms with Crippen LogP contribution in [0.2, 0.25) is 0 Å². The van der Waals surface area contributed by atoms with E-state index >= 15 is 0 Å². The second kappa shape index (κ2) is 37.2. The third kappa shape index (κ3) is 37.1. The van der Waals surface area contributed by atoms with Crippen molar-refractivity contribution in [1.82, 2.24) is 4.90 Å². The number of carbonyl (C=O) groups is 2. The minimum atomic E-state index is -0.369. The molecule has 0 radical (unpaired) electrons. The van der Waals surface area contributed by atoms with Crippen molar-refractivity contribution in [2.24, 2.45) is 0 Å². The maximum Gasteiger partial charge on any atom is 0.306 e. The van der Waals surface area contributed by atoms with E-state index in [-0.39, 0.29) is 24.6 Å². The maximum atomic E-state index is 12.5. The van der Waals surface area contributed by atoms with E-state index in [0.29, 0.717) is 19.3 Å². The summed E-state index contributed by atoms with van der Waals surface area (Å²) in [5.74, 6) is -0.342. The first kappa shape index (κ1) is 45.4.